The zero-order valence-electron chi connectivity index (χ0n) is 15.0. The zero-order valence-corrected chi connectivity index (χ0v) is 15.0. The summed E-state index contributed by atoms with van der Waals surface area (Å²) in [7, 11) is 0. The van der Waals surface area contributed by atoms with E-state index in [4.69, 9.17) is 0 Å². The first kappa shape index (κ1) is 19.6. The van der Waals surface area contributed by atoms with E-state index in [0.717, 1.165) is 38.6 Å². The van der Waals surface area contributed by atoms with Gasteiger partial charge in [0, 0.05) is 12.8 Å². The van der Waals surface area contributed by atoms with E-state index in [1.165, 1.54) is 12.1 Å². The van der Waals surface area contributed by atoms with Crippen LogP contribution in [-0.4, -0.2) is 24.0 Å². The Labute approximate surface area is 150 Å². The standard InChI is InChI=1S/C21H28FNO2/c1-2-23-16-8-4-7-11-20(24)21(25,17-9-5-3-6-10-17)18-12-14-19(22)15-13-18/h12-15,17,23,25H,2-3,5-7,9-11,16H2,1H3. The van der Waals surface area contributed by atoms with Crippen LogP contribution in [0.4, 0.5) is 4.39 Å². The molecule has 1 aromatic carbocycles. The van der Waals surface area contributed by atoms with Gasteiger partial charge in [-0.15, -0.1) is 5.92 Å². The number of hydrogen-bond acceptors (Lipinski definition) is 3. The highest BCUT2D eigenvalue weighted by Gasteiger charge is 2.44. The molecule has 4 heteroatoms. The summed E-state index contributed by atoms with van der Waals surface area (Å²) in [6.45, 7) is 3.48. The highest BCUT2D eigenvalue weighted by molar-refractivity contribution is 5.89. The van der Waals surface area contributed by atoms with Gasteiger partial charge in [0.05, 0.1) is 6.54 Å². The summed E-state index contributed by atoms with van der Waals surface area (Å²) in [4.78, 5) is 12.9. The summed E-state index contributed by atoms with van der Waals surface area (Å²) in [5.74, 6) is 5.29. The number of nitrogens with one attached hydrogen (secondary N) is 1. The van der Waals surface area contributed by atoms with Crippen LogP contribution in [0, 0.1) is 23.6 Å². The summed E-state index contributed by atoms with van der Waals surface area (Å²) in [5, 5.41) is 14.5. The minimum absolute atomic E-state index is 0.103. The SMILES string of the molecule is CCNCC#CCCC(=O)C(O)(c1ccc(F)cc1)C1CCCCC1. The van der Waals surface area contributed by atoms with Crippen LogP contribution in [0.5, 0.6) is 0 Å². The van der Waals surface area contributed by atoms with Crippen molar-refractivity contribution in [2.75, 3.05) is 13.1 Å². The Morgan fingerprint density at radius 3 is 2.56 bits per heavy atom. The first-order valence-electron chi connectivity index (χ1n) is 9.27. The van der Waals surface area contributed by atoms with E-state index in [-0.39, 0.29) is 23.9 Å². The lowest BCUT2D eigenvalue weighted by atomic mass is 9.70. The summed E-state index contributed by atoms with van der Waals surface area (Å²) in [5.41, 5.74) is -1.02. The quantitative estimate of drug-likeness (QED) is 0.587. The van der Waals surface area contributed by atoms with Gasteiger partial charge >= 0.3 is 0 Å². The van der Waals surface area contributed by atoms with Crippen LogP contribution in [-0.2, 0) is 10.4 Å². The molecule has 0 saturated heterocycles. The lowest BCUT2D eigenvalue weighted by Crippen LogP contribution is -2.44. The van der Waals surface area contributed by atoms with Crippen LogP contribution in [0.2, 0.25) is 0 Å². The van der Waals surface area contributed by atoms with Crippen molar-refractivity contribution in [1.82, 2.24) is 5.32 Å². The fraction of sp³-hybridized carbons (Fsp3) is 0.571. The molecule has 3 nitrogen and oxygen atoms in total. The van der Waals surface area contributed by atoms with Gasteiger partial charge in [-0.1, -0.05) is 44.2 Å². The van der Waals surface area contributed by atoms with E-state index in [1.807, 2.05) is 6.92 Å². The number of halogens is 1. The molecule has 0 spiro atoms. The maximum Gasteiger partial charge on any atom is 0.170 e. The number of benzene rings is 1. The average Bonchev–Trinajstić information content (AvgIpc) is 2.65. The summed E-state index contributed by atoms with van der Waals surface area (Å²) in [6.07, 6.45) is 5.47. The fourth-order valence-electron chi connectivity index (χ4n) is 3.55. The predicted molar refractivity (Wildman–Crippen MR) is 97.4 cm³/mol. The van der Waals surface area contributed by atoms with Gasteiger partial charge in [0.15, 0.2) is 11.4 Å². The molecule has 136 valence electrons. The van der Waals surface area contributed by atoms with E-state index in [9.17, 15) is 14.3 Å². The summed E-state index contributed by atoms with van der Waals surface area (Å²) >= 11 is 0. The van der Waals surface area contributed by atoms with Crippen LogP contribution < -0.4 is 5.32 Å². The van der Waals surface area contributed by atoms with Gasteiger partial charge in [0.25, 0.3) is 0 Å². The molecule has 0 bridgehead atoms. The molecule has 0 amide bonds. The highest BCUT2D eigenvalue weighted by Crippen LogP contribution is 2.41. The Hall–Kier alpha value is -1.70. The first-order chi connectivity index (χ1) is 12.1. The molecule has 2 rings (SSSR count). The molecular weight excluding hydrogens is 317 g/mol. The number of carbonyl (C=O) groups excluding carboxylic acids is 1. The van der Waals surface area contributed by atoms with Gasteiger partial charge in [-0.05, 0) is 43.0 Å². The predicted octanol–water partition coefficient (Wildman–Crippen LogP) is 3.56. The third-order valence-electron chi connectivity index (χ3n) is 4.97. The Bertz CT molecular complexity index is 611. The van der Waals surface area contributed by atoms with Crippen molar-refractivity contribution >= 4 is 5.78 Å². The monoisotopic (exact) mass is 345 g/mol. The fourth-order valence-corrected chi connectivity index (χ4v) is 3.55. The van der Waals surface area contributed by atoms with Crippen molar-refractivity contribution in [2.24, 2.45) is 5.92 Å². The minimum Gasteiger partial charge on any atom is -0.377 e. The van der Waals surface area contributed by atoms with E-state index in [2.05, 4.69) is 17.2 Å². The molecule has 1 saturated carbocycles. The van der Waals surface area contributed by atoms with Gasteiger partial charge in [0.1, 0.15) is 5.82 Å². The van der Waals surface area contributed by atoms with Gasteiger partial charge < -0.3 is 10.4 Å². The molecule has 0 aliphatic heterocycles. The Morgan fingerprint density at radius 1 is 1.24 bits per heavy atom. The second-order valence-corrected chi connectivity index (χ2v) is 6.67. The van der Waals surface area contributed by atoms with Crippen LogP contribution in [0.25, 0.3) is 0 Å². The zero-order chi connectivity index (χ0) is 18.1. The molecule has 0 aromatic heterocycles. The average molecular weight is 345 g/mol. The topological polar surface area (TPSA) is 49.3 Å². The number of Topliss-reactive ketones (excluding diaryl/α,β-unsaturated/α-hetero) is 1. The molecule has 1 aliphatic rings. The van der Waals surface area contributed by atoms with E-state index in [1.54, 1.807) is 12.1 Å². The normalized spacial score (nSPS) is 17.4. The van der Waals surface area contributed by atoms with Crippen molar-refractivity contribution in [1.29, 1.82) is 0 Å². The van der Waals surface area contributed by atoms with Gasteiger partial charge in [-0.2, -0.15) is 0 Å². The third kappa shape index (κ3) is 5.14. The lowest BCUT2D eigenvalue weighted by molar-refractivity contribution is -0.146. The van der Waals surface area contributed by atoms with Gasteiger partial charge in [0.2, 0.25) is 0 Å². The maximum atomic E-state index is 13.3. The van der Waals surface area contributed by atoms with E-state index < -0.39 is 5.60 Å². The van der Waals surface area contributed by atoms with Crippen molar-refractivity contribution in [3.8, 4) is 11.8 Å². The number of aliphatic hydroxyl groups is 1. The van der Waals surface area contributed by atoms with Crippen molar-refractivity contribution in [3.05, 3.63) is 35.6 Å². The molecule has 0 heterocycles. The second-order valence-electron chi connectivity index (χ2n) is 6.67. The molecule has 1 aromatic rings. The number of hydrogen-bond donors (Lipinski definition) is 2. The van der Waals surface area contributed by atoms with Crippen LogP contribution in [0.1, 0.15) is 57.4 Å². The molecule has 2 N–H and O–H groups in total. The van der Waals surface area contributed by atoms with E-state index in [0.29, 0.717) is 18.5 Å². The number of rotatable bonds is 7. The maximum absolute atomic E-state index is 13.3. The molecule has 0 radical (unpaired) electrons. The molecule has 1 aliphatic carbocycles. The van der Waals surface area contributed by atoms with E-state index >= 15 is 0 Å². The largest absolute Gasteiger partial charge is 0.377 e. The Kier molecular flexibility index (Phi) is 7.61. The van der Waals surface area contributed by atoms with Gasteiger partial charge in [-0.25, -0.2) is 4.39 Å². The first-order valence-corrected chi connectivity index (χ1v) is 9.27. The summed E-state index contributed by atoms with van der Waals surface area (Å²) < 4.78 is 13.3. The van der Waals surface area contributed by atoms with Crippen LogP contribution >= 0.6 is 0 Å². The van der Waals surface area contributed by atoms with Crippen LogP contribution in [0.15, 0.2) is 24.3 Å². The number of ketones is 1. The van der Waals surface area contributed by atoms with Crippen molar-refractivity contribution in [3.63, 3.8) is 0 Å². The number of carbonyl (C=O) groups is 1. The highest BCUT2D eigenvalue weighted by atomic mass is 19.1. The van der Waals surface area contributed by atoms with Crippen molar-refractivity contribution in [2.45, 2.75) is 57.5 Å². The molecule has 1 atom stereocenters. The molecular formula is C21H28FNO2. The lowest BCUT2D eigenvalue weighted by Gasteiger charge is -2.37. The summed E-state index contributed by atoms with van der Waals surface area (Å²) in [6, 6.07) is 5.70. The molecule has 25 heavy (non-hydrogen) atoms. The smallest absolute Gasteiger partial charge is 0.170 e. The third-order valence-corrected chi connectivity index (χ3v) is 4.97. The Morgan fingerprint density at radius 2 is 1.92 bits per heavy atom. The molecule has 1 fully saturated rings. The Balaban J connectivity index is 2.14. The van der Waals surface area contributed by atoms with Gasteiger partial charge in [-0.3, -0.25) is 4.79 Å². The molecule has 1 unspecified atom stereocenters. The van der Waals surface area contributed by atoms with Crippen molar-refractivity contribution < 1.29 is 14.3 Å². The minimum atomic E-state index is -1.53. The second kappa shape index (κ2) is 9.70. The van der Waals surface area contributed by atoms with Crippen LogP contribution in [0.3, 0.4) is 0 Å².